The summed E-state index contributed by atoms with van der Waals surface area (Å²) in [7, 11) is 1.57. The van der Waals surface area contributed by atoms with Crippen LogP contribution in [0.3, 0.4) is 0 Å². The van der Waals surface area contributed by atoms with E-state index in [4.69, 9.17) is 4.74 Å². The first-order chi connectivity index (χ1) is 12.1. The molecule has 3 rings (SSSR count). The molecule has 0 saturated heterocycles. The van der Waals surface area contributed by atoms with E-state index in [9.17, 15) is 14.0 Å². The predicted molar refractivity (Wildman–Crippen MR) is 90.8 cm³/mol. The van der Waals surface area contributed by atoms with Gasteiger partial charge in [0.2, 0.25) is 5.91 Å². The third kappa shape index (κ3) is 3.82. The monoisotopic (exact) mass is 341 g/mol. The minimum absolute atomic E-state index is 0.164. The van der Waals surface area contributed by atoms with Gasteiger partial charge in [-0.3, -0.25) is 14.2 Å². The van der Waals surface area contributed by atoms with Gasteiger partial charge in [-0.05, 0) is 29.8 Å². The van der Waals surface area contributed by atoms with Crippen LogP contribution in [0.15, 0.2) is 53.6 Å². The molecule has 0 saturated carbocycles. The van der Waals surface area contributed by atoms with Crippen LogP contribution in [0.2, 0.25) is 0 Å². The number of nitrogens with one attached hydrogen (secondary N) is 1. The number of carbonyl (C=O) groups excluding carboxylic acids is 1. The standard InChI is InChI=1S/C18H16FN3O3/c1-25-14-4-2-3-12(7-14)9-20-17(23)10-22-11-21-16-8-13(19)5-6-15(16)18(22)24/h2-8,11H,9-10H2,1H3,(H,20,23). The fourth-order valence-electron chi connectivity index (χ4n) is 2.44. The number of fused-ring (bicyclic) bond motifs is 1. The first kappa shape index (κ1) is 16.6. The molecule has 0 radical (unpaired) electrons. The van der Waals surface area contributed by atoms with E-state index in [1.807, 2.05) is 24.3 Å². The van der Waals surface area contributed by atoms with Gasteiger partial charge in [-0.25, -0.2) is 9.37 Å². The highest BCUT2D eigenvalue weighted by Gasteiger charge is 2.09. The zero-order valence-electron chi connectivity index (χ0n) is 13.5. The first-order valence-corrected chi connectivity index (χ1v) is 7.61. The molecule has 3 aromatic rings. The highest BCUT2D eigenvalue weighted by atomic mass is 19.1. The van der Waals surface area contributed by atoms with Crippen molar-refractivity contribution in [3.63, 3.8) is 0 Å². The highest BCUT2D eigenvalue weighted by Crippen LogP contribution is 2.12. The molecule has 1 heterocycles. The van der Waals surface area contributed by atoms with Gasteiger partial charge in [0.25, 0.3) is 5.56 Å². The lowest BCUT2D eigenvalue weighted by molar-refractivity contribution is -0.121. The van der Waals surface area contributed by atoms with Gasteiger partial charge in [0.05, 0.1) is 24.3 Å². The lowest BCUT2D eigenvalue weighted by Crippen LogP contribution is -2.32. The van der Waals surface area contributed by atoms with Crippen molar-refractivity contribution in [2.75, 3.05) is 7.11 Å². The number of nitrogens with zero attached hydrogens (tertiary/aromatic N) is 2. The Balaban J connectivity index is 1.70. The zero-order valence-corrected chi connectivity index (χ0v) is 13.5. The van der Waals surface area contributed by atoms with E-state index < -0.39 is 5.82 Å². The summed E-state index contributed by atoms with van der Waals surface area (Å²) in [5, 5.41) is 3.01. The van der Waals surface area contributed by atoms with Gasteiger partial charge < -0.3 is 10.1 Å². The van der Waals surface area contributed by atoms with Gasteiger partial charge in [0, 0.05) is 12.6 Å². The van der Waals surface area contributed by atoms with Crippen LogP contribution in [0.1, 0.15) is 5.56 Å². The Hall–Kier alpha value is -3.22. The number of ether oxygens (including phenoxy) is 1. The molecular weight excluding hydrogens is 325 g/mol. The van der Waals surface area contributed by atoms with Crippen molar-refractivity contribution < 1.29 is 13.9 Å². The second kappa shape index (κ2) is 7.12. The van der Waals surface area contributed by atoms with E-state index in [1.54, 1.807) is 7.11 Å². The van der Waals surface area contributed by atoms with Gasteiger partial charge in [-0.1, -0.05) is 12.1 Å². The molecule has 1 amide bonds. The number of hydrogen-bond donors (Lipinski definition) is 1. The van der Waals surface area contributed by atoms with Crippen LogP contribution < -0.4 is 15.6 Å². The van der Waals surface area contributed by atoms with Gasteiger partial charge >= 0.3 is 0 Å². The summed E-state index contributed by atoms with van der Waals surface area (Å²) in [6, 6.07) is 11.1. The lowest BCUT2D eigenvalue weighted by atomic mass is 10.2. The van der Waals surface area contributed by atoms with E-state index in [-0.39, 0.29) is 28.9 Å². The van der Waals surface area contributed by atoms with Gasteiger partial charge in [-0.2, -0.15) is 0 Å². The predicted octanol–water partition coefficient (Wildman–Crippen LogP) is 1.86. The summed E-state index contributed by atoms with van der Waals surface area (Å²) >= 11 is 0. The normalized spacial score (nSPS) is 10.6. The van der Waals surface area contributed by atoms with E-state index in [0.29, 0.717) is 12.3 Å². The molecule has 2 aromatic carbocycles. The highest BCUT2D eigenvalue weighted by molar-refractivity contribution is 5.79. The molecule has 1 N–H and O–H groups in total. The average Bonchev–Trinajstić information content (AvgIpc) is 2.62. The van der Waals surface area contributed by atoms with Crippen LogP contribution in [0.4, 0.5) is 4.39 Å². The van der Waals surface area contributed by atoms with Crippen LogP contribution >= 0.6 is 0 Å². The van der Waals surface area contributed by atoms with Crippen molar-refractivity contribution in [1.29, 1.82) is 0 Å². The topological polar surface area (TPSA) is 73.2 Å². The van der Waals surface area contributed by atoms with Crippen molar-refractivity contribution in [1.82, 2.24) is 14.9 Å². The molecule has 0 spiro atoms. The summed E-state index contributed by atoms with van der Waals surface area (Å²) in [6.45, 7) is 0.153. The van der Waals surface area contributed by atoms with E-state index in [2.05, 4.69) is 10.3 Å². The smallest absolute Gasteiger partial charge is 0.261 e. The molecule has 1 aromatic heterocycles. The maximum Gasteiger partial charge on any atom is 0.261 e. The van der Waals surface area contributed by atoms with E-state index >= 15 is 0 Å². The molecule has 0 unspecified atom stereocenters. The van der Waals surface area contributed by atoms with Crippen molar-refractivity contribution in [3.05, 3.63) is 70.5 Å². The number of hydrogen-bond acceptors (Lipinski definition) is 4. The SMILES string of the molecule is COc1cccc(CNC(=O)Cn2cnc3cc(F)ccc3c2=O)c1. The summed E-state index contributed by atoms with van der Waals surface area (Å²) in [4.78, 5) is 28.5. The Bertz CT molecular complexity index is 985. The minimum Gasteiger partial charge on any atom is -0.497 e. The number of benzene rings is 2. The van der Waals surface area contributed by atoms with Gasteiger partial charge in [0.15, 0.2) is 0 Å². The van der Waals surface area contributed by atoms with Crippen molar-refractivity contribution in [2.45, 2.75) is 13.1 Å². The quantitative estimate of drug-likeness (QED) is 0.769. The third-order valence-corrected chi connectivity index (χ3v) is 3.73. The fraction of sp³-hybridized carbons (Fsp3) is 0.167. The molecule has 7 heteroatoms. The molecule has 0 bridgehead atoms. The number of carbonyl (C=O) groups is 1. The molecule has 25 heavy (non-hydrogen) atoms. The van der Waals surface area contributed by atoms with Crippen LogP contribution in [-0.4, -0.2) is 22.6 Å². The molecule has 0 atom stereocenters. The Morgan fingerprint density at radius 1 is 1.28 bits per heavy atom. The Morgan fingerprint density at radius 2 is 2.12 bits per heavy atom. The Kier molecular flexibility index (Phi) is 4.74. The number of rotatable bonds is 5. The van der Waals surface area contributed by atoms with Crippen LogP contribution in [0, 0.1) is 5.82 Å². The average molecular weight is 341 g/mol. The number of methoxy groups -OCH3 is 1. The maximum atomic E-state index is 13.2. The third-order valence-electron chi connectivity index (χ3n) is 3.73. The fourth-order valence-corrected chi connectivity index (χ4v) is 2.44. The largest absolute Gasteiger partial charge is 0.497 e. The number of amides is 1. The molecule has 0 fully saturated rings. The van der Waals surface area contributed by atoms with Crippen molar-refractivity contribution in [3.8, 4) is 5.75 Å². The molecular formula is C18H16FN3O3. The van der Waals surface area contributed by atoms with Gasteiger partial charge in [-0.15, -0.1) is 0 Å². The molecule has 6 nitrogen and oxygen atoms in total. The minimum atomic E-state index is -0.465. The van der Waals surface area contributed by atoms with Crippen LogP contribution in [0.5, 0.6) is 5.75 Å². The van der Waals surface area contributed by atoms with Gasteiger partial charge in [0.1, 0.15) is 18.1 Å². The number of halogens is 1. The Labute approximate surface area is 142 Å². The van der Waals surface area contributed by atoms with Crippen molar-refractivity contribution in [2.24, 2.45) is 0 Å². The molecule has 0 aliphatic carbocycles. The molecule has 128 valence electrons. The summed E-state index contributed by atoms with van der Waals surface area (Å²) in [5.41, 5.74) is 0.756. The van der Waals surface area contributed by atoms with Crippen LogP contribution in [0.25, 0.3) is 10.9 Å². The molecule has 0 aliphatic heterocycles. The second-order valence-electron chi connectivity index (χ2n) is 5.47. The lowest BCUT2D eigenvalue weighted by Gasteiger charge is -2.09. The van der Waals surface area contributed by atoms with E-state index in [0.717, 1.165) is 5.56 Å². The summed E-state index contributed by atoms with van der Waals surface area (Å²) in [6.07, 6.45) is 1.25. The second-order valence-corrected chi connectivity index (χ2v) is 5.47. The first-order valence-electron chi connectivity index (χ1n) is 7.61. The summed E-state index contributed by atoms with van der Waals surface area (Å²) in [5.74, 6) is -0.0877. The Morgan fingerprint density at radius 3 is 2.92 bits per heavy atom. The van der Waals surface area contributed by atoms with Crippen molar-refractivity contribution >= 4 is 16.8 Å². The number of aromatic nitrogens is 2. The zero-order chi connectivity index (χ0) is 17.8. The van der Waals surface area contributed by atoms with E-state index in [1.165, 1.54) is 29.1 Å². The van der Waals surface area contributed by atoms with Crippen LogP contribution in [-0.2, 0) is 17.9 Å². The summed E-state index contributed by atoms with van der Waals surface area (Å²) < 4.78 is 19.5. The molecule has 0 aliphatic rings. The maximum absolute atomic E-state index is 13.2.